The minimum atomic E-state index is -0.790. The standard InChI is InChI=1S/C21H23NO3/c23-20(17-10-6-11-18(14-17)21(24)25)22-19-12-5-4-9-16(19)13-15-7-2-1-3-8-15/h1-5,7-9,12,17-18H,6,10-11,13-14H2,(H,22,23)(H,24,25). The first-order chi connectivity index (χ1) is 12.1. The average molecular weight is 337 g/mol. The van der Waals surface area contributed by atoms with Gasteiger partial charge in [-0.25, -0.2) is 0 Å². The Hall–Kier alpha value is -2.62. The van der Waals surface area contributed by atoms with E-state index in [1.165, 1.54) is 5.56 Å². The number of carboxylic acids is 1. The highest BCUT2D eigenvalue weighted by atomic mass is 16.4. The van der Waals surface area contributed by atoms with Crippen molar-refractivity contribution in [3.05, 3.63) is 65.7 Å². The van der Waals surface area contributed by atoms with Gasteiger partial charge in [-0.2, -0.15) is 0 Å². The second kappa shape index (κ2) is 7.97. The number of carbonyl (C=O) groups excluding carboxylic acids is 1. The predicted octanol–water partition coefficient (Wildman–Crippen LogP) is 4.11. The van der Waals surface area contributed by atoms with E-state index in [2.05, 4.69) is 17.4 Å². The number of hydrogen-bond donors (Lipinski definition) is 2. The van der Waals surface area contributed by atoms with Crippen molar-refractivity contribution in [3.8, 4) is 0 Å². The Bertz CT molecular complexity index is 742. The highest BCUT2D eigenvalue weighted by molar-refractivity contribution is 5.93. The second-order valence-electron chi connectivity index (χ2n) is 6.71. The topological polar surface area (TPSA) is 66.4 Å². The number of anilines is 1. The molecule has 1 aliphatic carbocycles. The maximum Gasteiger partial charge on any atom is 0.306 e. The van der Waals surface area contributed by atoms with Crippen LogP contribution in [0.4, 0.5) is 5.69 Å². The van der Waals surface area contributed by atoms with Crippen molar-refractivity contribution in [2.45, 2.75) is 32.1 Å². The number of amides is 1. The van der Waals surface area contributed by atoms with Gasteiger partial charge in [-0.3, -0.25) is 9.59 Å². The van der Waals surface area contributed by atoms with Crippen molar-refractivity contribution >= 4 is 17.6 Å². The summed E-state index contributed by atoms with van der Waals surface area (Å²) < 4.78 is 0. The summed E-state index contributed by atoms with van der Waals surface area (Å²) in [6, 6.07) is 17.9. The highest BCUT2D eigenvalue weighted by Gasteiger charge is 2.31. The van der Waals surface area contributed by atoms with Gasteiger partial charge >= 0.3 is 5.97 Å². The fraction of sp³-hybridized carbons (Fsp3) is 0.333. The van der Waals surface area contributed by atoms with Crippen molar-refractivity contribution < 1.29 is 14.7 Å². The van der Waals surface area contributed by atoms with E-state index in [-0.39, 0.29) is 11.8 Å². The fourth-order valence-electron chi connectivity index (χ4n) is 3.50. The number of aliphatic carboxylic acids is 1. The molecule has 2 aromatic rings. The maximum atomic E-state index is 12.6. The first-order valence-electron chi connectivity index (χ1n) is 8.79. The zero-order valence-electron chi connectivity index (χ0n) is 14.2. The lowest BCUT2D eigenvalue weighted by atomic mass is 9.81. The number of carboxylic acid groups (broad SMARTS) is 1. The molecule has 2 N–H and O–H groups in total. The van der Waals surface area contributed by atoms with Crippen molar-refractivity contribution in [1.29, 1.82) is 0 Å². The van der Waals surface area contributed by atoms with E-state index in [9.17, 15) is 14.7 Å². The average Bonchev–Trinajstić information content (AvgIpc) is 2.64. The van der Waals surface area contributed by atoms with Crippen LogP contribution in [0.1, 0.15) is 36.8 Å². The number of para-hydroxylation sites is 1. The number of hydrogen-bond acceptors (Lipinski definition) is 2. The summed E-state index contributed by atoms with van der Waals surface area (Å²) in [6.07, 6.45) is 3.41. The SMILES string of the molecule is O=C(O)C1CCCC(C(=O)Nc2ccccc2Cc2ccccc2)C1. The highest BCUT2D eigenvalue weighted by Crippen LogP contribution is 2.30. The molecule has 1 saturated carbocycles. The van der Waals surface area contributed by atoms with Crippen LogP contribution in [0.3, 0.4) is 0 Å². The van der Waals surface area contributed by atoms with E-state index in [1.807, 2.05) is 42.5 Å². The van der Waals surface area contributed by atoms with E-state index in [1.54, 1.807) is 0 Å². The molecule has 25 heavy (non-hydrogen) atoms. The molecular formula is C21H23NO3. The lowest BCUT2D eigenvalue weighted by Gasteiger charge is -2.26. The van der Waals surface area contributed by atoms with Crippen molar-refractivity contribution in [2.75, 3.05) is 5.32 Å². The Morgan fingerprint density at radius 1 is 0.960 bits per heavy atom. The molecule has 0 radical (unpaired) electrons. The Morgan fingerprint density at radius 3 is 2.40 bits per heavy atom. The molecule has 130 valence electrons. The van der Waals surface area contributed by atoms with Gasteiger partial charge in [-0.05, 0) is 42.9 Å². The summed E-state index contributed by atoms with van der Waals surface area (Å²) in [5.41, 5.74) is 3.06. The van der Waals surface area contributed by atoms with Crippen LogP contribution in [-0.4, -0.2) is 17.0 Å². The molecule has 1 aliphatic rings. The third kappa shape index (κ3) is 4.47. The summed E-state index contributed by atoms with van der Waals surface area (Å²) in [5, 5.41) is 12.2. The van der Waals surface area contributed by atoms with Crippen molar-refractivity contribution in [1.82, 2.24) is 0 Å². The summed E-state index contributed by atoms with van der Waals surface area (Å²) in [7, 11) is 0. The van der Waals surface area contributed by atoms with Gasteiger partial charge in [0.05, 0.1) is 5.92 Å². The molecule has 0 aromatic heterocycles. The van der Waals surface area contributed by atoms with Gasteiger partial charge in [0, 0.05) is 11.6 Å². The predicted molar refractivity (Wildman–Crippen MR) is 97.4 cm³/mol. The van der Waals surface area contributed by atoms with E-state index in [0.29, 0.717) is 12.8 Å². The fourth-order valence-corrected chi connectivity index (χ4v) is 3.50. The number of rotatable bonds is 5. The minimum absolute atomic E-state index is 0.0635. The normalized spacial score (nSPS) is 20.0. The minimum Gasteiger partial charge on any atom is -0.481 e. The van der Waals surface area contributed by atoms with Crippen molar-refractivity contribution in [3.63, 3.8) is 0 Å². The van der Waals surface area contributed by atoms with Gasteiger partial charge < -0.3 is 10.4 Å². The molecular weight excluding hydrogens is 314 g/mol. The zero-order valence-corrected chi connectivity index (χ0v) is 14.2. The van der Waals surface area contributed by atoms with Gasteiger partial charge in [0.2, 0.25) is 5.91 Å². The molecule has 4 nitrogen and oxygen atoms in total. The molecule has 0 saturated heterocycles. The van der Waals surface area contributed by atoms with Crippen LogP contribution in [0.5, 0.6) is 0 Å². The van der Waals surface area contributed by atoms with Crippen molar-refractivity contribution in [2.24, 2.45) is 11.8 Å². The van der Waals surface area contributed by atoms with Gasteiger partial charge in [0.15, 0.2) is 0 Å². The van der Waals surface area contributed by atoms with Crippen LogP contribution in [-0.2, 0) is 16.0 Å². The quantitative estimate of drug-likeness (QED) is 0.863. The van der Waals surface area contributed by atoms with Crippen LogP contribution in [0.25, 0.3) is 0 Å². The third-order valence-corrected chi connectivity index (χ3v) is 4.91. The number of benzene rings is 2. The maximum absolute atomic E-state index is 12.6. The summed E-state index contributed by atoms with van der Waals surface area (Å²) in [5.74, 6) is -1.47. The van der Waals surface area contributed by atoms with Gasteiger partial charge in [-0.1, -0.05) is 55.0 Å². The zero-order chi connectivity index (χ0) is 17.6. The van der Waals surface area contributed by atoms with Gasteiger partial charge in [0.1, 0.15) is 0 Å². The molecule has 4 heteroatoms. The molecule has 1 fully saturated rings. The Balaban J connectivity index is 1.70. The Kier molecular flexibility index (Phi) is 5.49. The number of nitrogens with one attached hydrogen (secondary N) is 1. The largest absolute Gasteiger partial charge is 0.481 e. The summed E-state index contributed by atoms with van der Waals surface area (Å²) >= 11 is 0. The molecule has 2 unspecified atom stereocenters. The molecule has 3 rings (SSSR count). The van der Waals surface area contributed by atoms with Gasteiger partial charge in [0.25, 0.3) is 0 Å². The monoisotopic (exact) mass is 337 g/mol. The van der Waals surface area contributed by atoms with Gasteiger partial charge in [-0.15, -0.1) is 0 Å². The third-order valence-electron chi connectivity index (χ3n) is 4.91. The van der Waals surface area contributed by atoms with E-state index < -0.39 is 11.9 Å². The van der Waals surface area contributed by atoms with E-state index in [4.69, 9.17) is 0 Å². The molecule has 0 bridgehead atoms. The van der Waals surface area contributed by atoms with Crippen LogP contribution < -0.4 is 5.32 Å². The first-order valence-corrected chi connectivity index (χ1v) is 8.79. The Labute approximate surface area is 147 Å². The first kappa shape index (κ1) is 17.2. The Morgan fingerprint density at radius 2 is 1.64 bits per heavy atom. The molecule has 0 spiro atoms. The van der Waals surface area contributed by atoms with Crippen LogP contribution >= 0.6 is 0 Å². The molecule has 0 heterocycles. The molecule has 0 aliphatic heterocycles. The second-order valence-corrected chi connectivity index (χ2v) is 6.71. The molecule has 2 atom stereocenters. The smallest absolute Gasteiger partial charge is 0.306 e. The van der Waals surface area contributed by atoms with E-state index in [0.717, 1.165) is 30.5 Å². The summed E-state index contributed by atoms with van der Waals surface area (Å²) in [6.45, 7) is 0. The molecule has 2 aromatic carbocycles. The van der Waals surface area contributed by atoms with Crippen LogP contribution in [0.2, 0.25) is 0 Å². The van der Waals surface area contributed by atoms with Crippen LogP contribution in [0, 0.1) is 11.8 Å². The molecule has 1 amide bonds. The van der Waals surface area contributed by atoms with Crippen LogP contribution in [0.15, 0.2) is 54.6 Å². The lowest BCUT2D eigenvalue weighted by molar-refractivity contribution is -0.143. The summed E-state index contributed by atoms with van der Waals surface area (Å²) in [4.78, 5) is 23.8. The number of carbonyl (C=O) groups is 2. The van der Waals surface area contributed by atoms with E-state index >= 15 is 0 Å². The lowest BCUT2D eigenvalue weighted by Crippen LogP contribution is -2.31.